The van der Waals surface area contributed by atoms with Crippen molar-refractivity contribution < 1.29 is 19.5 Å². The van der Waals surface area contributed by atoms with E-state index in [4.69, 9.17) is 0 Å². The fourth-order valence-electron chi connectivity index (χ4n) is 4.43. The Hall–Kier alpha value is -3.00. The zero-order valence-corrected chi connectivity index (χ0v) is 18.8. The molecule has 3 atom stereocenters. The number of aromatic nitrogens is 1. The zero-order valence-electron chi connectivity index (χ0n) is 18.0. The van der Waals surface area contributed by atoms with E-state index in [2.05, 4.69) is 22.5 Å². The van der Waals surface area contributed by atoms with Gasteiger partial charge in [0.25, 0.3) is 5.91 Å². The van der Waals surface area contributed by atoms with E-state index < -0.39 is 17.8 Å². The van der Waals surface area contributed by atoms with Gasteiger partial charge in [0, 0.05) is 23.8 Å². The lowest BCUT2D eigenvalue weighted by atomic mass is 9.82. The molecule has 0 saturated carbocycles. The number of aliphatic carboxylic acids is 1. The van der Waals surface area contributed by atoms with Gasteiger partial charge in [-0.05, 0) is 55.2 Å². The van der Waals surface area contributed by atoms with Gasteiger partial charge in [-0.15, -0.1) is 11.3 Å². The molecule has 2 heterocycles. The standard InChI is InChI=1S/C24H27N3O4S/c1-14-8-9-18-19(11-14)32-23(20(18)22(29)26-13-15-5-4-10-25-12-15)27-21(28)16-6-2-3-7-17(16)24(30)31/h2-5,10,12,14,16-17H,6-9,11,13H2,1H3,(H,26,29)(H,27,28)(H,30,31)/t14-,16-,17-/m0/s1. The molecule has 8 heteroatoms. The molecule has 0 unspecified atom stereocenters. The first-order valence-electron chi connectivity index (χ1n) is 10.9. The second-order valence-electron chi connectivity index (χ2n) is 8.58. The maximum Gasteiger partial charge on any atom is 0.307 e. The Labute approximate surface area is 190 Å². The number of thiophene rings is 1. The molecular formula is C24H27N3O4S. The van der Waals surface area contributed by atoms with Gasteiger partial charge in [0.2, 0.25) is 5.91 Å². The zero-order chi connectivity index (χ0) is 22.7. The number of nitrogens with zero attached hydrogens (tertiary/aromatic N) is 1. The van der Waals surface area contributed by atoms with E-state index in [1.54, 1.807) is 12.4 Å². The van der Waals surface area contributed by atoms with Gasteiger partial charge in [0.15, 0.2) is 0 Å². The molecule has 2 amide bonds. The quantitative estimate of drug-likeness (QED) is 0.577. The molecule has 0 radical (unpaired) electrons. The minimum absolute atomic E-state index is 0.227. The van der Waals surface area contributed by atoms with Crippen LogP contribution in [-0.4, -0.2) is 27.9 Å². The van der Waals surface area contributed by atoms with Crippen molar-refractivity contribution in [2.75, 3.05) is 5.32 Å². The van der Waals surface area contributed by atoms with Gasteiger partial charge < -0.3 is 15.7 Å². The van der Waals surface area contributed by atoms with Crippen LogP contribution in [0.15, 0.2) is 36.7 Å². The summed E-state index contributed by atoms with van der Waals surface area (Å²) < 4.78 is 0. The second-order valence-corrected chi connectivity index (χ2v) is 9.69. The van der Waals surface area contributed by atoms with E-state index >= 15 is 0 Å². The molecule has 0 spiro atoms. The van der Waals surface area contributed by atoms with Crippen molar-refractivity contribution in [3.63, 3.8) is 0 Å². The summed E-state index contributed by atoms with van der Waals surface area (Å²) in [6.45, 7) is 2.53. The third-order valence-corrected chi connectivity index (χ3v) is 7.41. The van der Waals surface area contributed by atoms with E-state index in [1.807, 2.05) is 24.3 Å². The highest BCUT2D eigenvalue weighted by molar-refractivity contribution is 7.17. The van der Waals surface area contributed by atoms with E-state index in [0.717, 1.165) is 35.3 Å². The number of rotatable bonds is 6. The summed E-state index contributed by atoms with van der Waals surface area (Å²) in [5.74, 6) is -2.41. The summed E-state index contributed by atoms with van der Waals surface area (Å²) in [4.78, 5) is 43.1. The summed E-state index contributed by atoms with van der Waals surface area (Å²) in [5, 5.41) is 15.9. The molecule has 32 heavy (non-hydrogen) atoms. The average molecular weight is 454 g/mol. The van der Waals surface area contributed by atoms with Crippen molar-refractivity contribution in [3.8, 4) is 0 Å². The Bertz CT molecular complexity index is 1050. The van der Waals surface area contributed by atoms with Gasteiger partial charge in [0.1, 0.15) is 5.00 Å². The normalized spacial score (nSPS) is 22.1. The molecule has 0 fully saturated rings. The maximum atomic E-state index is 13.2. The van der Waals surface area contributed by atoms with Gasteiger partial charge >= 0.3 is 5.97 Å². The molecular weight excluding hydrogens is 426 g/mol. The molecule has 7 nitrogen and oxygen atoms in total. The molecule has 168 valence electrons. The third-order valence-electron chi connectivity index (χ3n) is 6.24. The monoisotopic (exact) mass is 453 g/mol. The number of carbonyl (C=O) groups excluding carboxylic acids is 2. The largest absolute Gasteiger partial charge is 0.481 e. The lowest BCUT2D eigenvalue weighted by Gasteiger charge is -2.24. The van der Waals surface area contributed by atoms with Crippen molar-refractivity contribution in [1.82, 2.24) is 10.3 Å². The molecule has 0 bridgehead atoms. The van der Waals surface area contributed by atoms with E-state index in [9.17, 15) is 19.5 Å². The molecule has 0 aliphatic heterocycles. The van der Waals surface area contributed by atoms with E-state index in [-0.39, 0.29) is 11.8 Å². The summed E-state index contributed by atoms with van der Waals surface area (Å²) in [5.41, 5.74) is 2.42. The smallest absolute Gasteiger partial charge is 0.307 e. The van der Waals surface area contributed by atoms with Crippen LogP contribution in [0.3, 0.4) is 0 Å². The summed E-state index contributed by atoms with van der Waals surface area (Å²) >= 11 is 1.45. The van der Waals surface area contributed by atoms with Crippen LogP contribution in [0.5, 0.6) is 0 Å². The van der Waals surface area contributed by atoms with Gasteiger partial charge in [-0.2, -0.15) is 0 Å². The van der Waals surface area contributed by atoms with Crippen LogP contribution in [0.1, 0.15) is 52.5 Å². The number of carboxylic acids is 1. The Morgan fingerprint density at radius 3 is 2.72 bits per heavy atom. The van der Waals surface area contributed by atoms with Gasteiger partial charge in [0.05, 0.1) is 17.4 Å². The summed E-state index contributed by atoms with van der Waals surface area (Å²) in [6, 6.07) is 3.71. The number of fused-ring (bicyclic) bond motifs is 1. The number of hydrogen-bond donors (Lipinski definition) is 3. The van der Waals surface area contributed by atoms with Crippen LogP contribution in [0.2, 0.25) is 0 Å². The van der Waals surface area contributed by atoms with Gasteiger partial charge in [-0.3, -0.25) is 19.4 Å². The highest BCUT2D eigenvalue weighted by Crippen LogP contribution is 2.40. The van der Waals surface area contributed by atoms with Gasteiger partial charge in [-0.25, -0.2) is 0 Å². The number of allylic oxidation sites excluding steroid dienone is 2. The molecule has 3 N–H and O–H groups in total. The molecule has 2 aromatic heterocycles. The highest BCUT2D eigenvalue weighted by Gasteiger charge is 2.35. The third kappa shape index (κ3) is 4.75. The summed E-state index contributed by atoms with van der Waals surface area (Å²) in [6.07, 6.45) is 10.4. The number of amides is 2. The Balaban J connectivity index is 1.58. The average Bonchev–Trinajstić information content (AvgIpc) is 3.14. The minimum Gasteiger partial charge on any atom is -0.481 e. The Morgan fingerprint density at radius 1 is 1.22 bits per heavy atom. The van der Waals surface area contributed by atoms with E-state index in [0.29, 0.717) is 35.9 Å². The van der Waals surface area contributed by atoms with E-state index in [1.165, 1.54) is 11.3 Å². The van der Waals surface area contributed by atoms with Crippen LogP contribution in [-0.2, 0) is 29.0 Å². The second kappa shape index (κ2) is 9.65. The maximum absolute atomic E-state index is 13.2. The minimum atomic E-state index is -0.969. The number of anilines is 1. The van der Waals surface area contributed by atoms with Crippen LogP contribution in [0, 0.1) is 17.8 Å². The van der Waals surface area contributed by atoms with Crippen molar-refractivity contribution in [3.05, 3.63) is 58.2 Å². The number of carbonyl (C=O) groups is 3. The number of carboxylic acid groups (broad SMARTS) is 1. The van der Waals surface area contributed by atoms with Gasteiger partial charge in [-0.1, -0.05) is 25.1 Å². The van der Waals surface area contributed by atoms with Crippen molar-refractivity contribution >= 4 is 34.1 Å². The topological polar surface area (TPSA) is 108 Å². The lowest BCUT2D eigenvalue weighted by Crippen LogP contribution is -2.35. The molecule has 2 aliphatic rings. The molecule has 0 aromatic carbocycles. The first-order chi connectivity index (χ1) is 15.4. The first kappa shape index (κ1) is 22.2. The Morgan fingerprint density at radius 2 is 2.00 bits per heavy atom. The van der Waals surface area contributed by atoms with Crippen LogP contribution in [0.4, 0.5) is 5.00 Å². The molecule has 4 rings (SSSR count). The van der Waals surface area contributed by atoms with Crippen molar-refractivity contribution in [2.24, 2.45) is 17.8 Å². The van der Waals surface area contributed by atoms with Crippen LogP contribution >= 0.6 is 11.3 Å². The highest BCUT2D eigenvalue weighted by atomic mass is 32.1. The number of nitrogens with one attached hydrogen (secondary N) is 2. The SMILES string of the molecule is C[C@H]1CCc2c(sc(NC(=O)[C@H]3CC=CC[C@@H]3C(=O)O)c2C(=O)NCc2cccnc2)C1. The summed E-state index contributed by atoms with van der Waals surface area (Å²) in [7, 11) is 0. The number of hydrogen-bond acceptors (Lipinski definition) is 5. The number of pyridine rings is 1. The first-order valence-corrected chi connectivity index (χ1v) is 11.8. The predicted octanol–water partition coefficient (Wildman–Crippen LogP) is 3.80. The molecule has 0 saturated heterocycles. The molecule has 2 aliphatic carbocycles. The fourth-order valence-corrected chi connectivity index (χ4v) is 5.85. The van der Waals surface area contributed by atoms with Crippen LogP contribution in [0.25, 0.3) is 0 Å². The Kier molecular flexibility index (Phi) is 6.69. The molecule has 2 aromatic rings. The van der Waals surface area contributed by atoms with Crippen LogP contribution < -0.4 is 10.6 Å². The van der Waals surface area contributed by atoms with Crippen molar-refractivity contribution in [1.29, 1.82) is 0 Å². The predicted molar refractivity (Wildman–Crippen MR) is 123 cm³/mol. The lowest BCUT2D eigenvalue weighted by molar-refractivity contribution is -0.146. The fraction of sp³-hybridized carbons (Fsp3) is 0.417. The van der Waals surface area contributed by atoms with Crippen molar-refractivity contribution in [2.45, 2.75) is 45.6 Å².